The van der Waals surface area contributed by atoms with E-state index in [0.29, 0.717) is 5.52 Å². The molecule has 2 fully saturated rings. The number of hydrogen-bond donors (Lipinski definition) is 3. The van der Waals surface area contributed by atoms with Crippen molar-refractivity contribution in [3.63, 3.8) is 0 Å². The number of halogens is 3. The lowest BCUT2D eigenvalue weighted by Crippen LogP contribution is -2.49. The third-order valence-electron chi connectivity index (χ3n) is 5.73. The largest absolute Gasteiger partial charge is 0.367 e. The number of aliphatic hydroxyl groups is 2. The lowest BCUT2D eigenvalue weighted by Gasteiger charge is -2.38. The minimum atomic E-state index is -3.28. The van der Waals surface area contributed by atoms with E-state index in [1.807, 2.05) is 0 Å². The molecule has 31 heavy (non-hydrogen) atoms. The molecule has 2 saturated heterocycles. The Morgan fingerprint density at radius 2 is 2.03 bits per heavy atom. The van der Waals surface area contributed by atoms with Crippen molar-refractivity contribution in [1.82, 2.24) is 20.0 Å². The number of aliphatic hydroxyl groups excluding tert-OH is 1. The predicted octanol–water partition coefficient (Wildman–Crippen LogP) is 0.894. The number of amides is 3. The summed E-state index contributed by atoms with van der Waals surface area (Å²) in [5.74, 6) is -5.78. The molecule has 3 N–H and O–H groups in total. The number of benzene rings is 1. The van der Waals surface area contributed by atoms with Crippen molar-refractivity contribution in [1.29, 1.82) is 0 Å². The Hall–Kier alpha value is -2.70. The molecule has 2 aliphatic heterocycles. The lowest BCUT2D eigenvalue weighted by molar-refractivity contribution is -0.120. The fraction of sp³-hybridized carbons (Fsp3) is 0.526. The van der Waals surface area contributed by atoms with Gasteiger partial charge in [-0.1, -0.05) is 0 Å². The molecule has 1 aromatic carbocycles. The number of piperidine rings is 1. The van der Waals surface area contributed by atoms with Gasteiger partial charge in [-0.25, -0.2) is 18.0 Å². The van der Waals surface area contributed by atoms with E-state index in [1.54, 1.807) is 7.05 Å². The van der Waals surface area contributed by atoms with E-state index in [4.69, 9.17) is 10.2 Å². The standard InChI is InChI=1S/C19H22F3N5O4/c1-25-14-7-10(12-2-4-26(8-16(29)30)9-19(12,21)22)13(20)6-11(14)17(24-25)27-5-3-15(28)23-18(27)31/h6-7,12,16,29-30H,2-5,8-9H2,1H3,(H,23,28,31). The zero-order valence-corrected chi connectivity index (χ0v) is 16.7. The van der Waals surface area contributed by atoms with Crippen LogP contribution in [0.25, 0.3) is 10.9 Å². The lowest BCUT2D eigenvalue weighted by atomic mass is 9.85. The quantitative estimate of drug-likeness (QED) is 0.608. The Bertz CT molecular complexity index is 1040. The molecule has 0 radical (unpaired) electrons. The van der Waals surface area contributed by atoms with Crippen LogP contribution in [-0.4, -0.2) is 75.2 Å². The molecule has 12 heteroatoms. The fourth-order valence-corrected chi connectivity index (χ4v) is 4.29. The number of fused-ring (bicyclic) bond motifs is 1. The number of alkyl halides is 2. The molecule has 2 aromatic rings. The Kier molecular flexibility index (Phi) is 5.40. The van der Waals surface area contributed by atoms with Gasteiger partial charge in [-0.15, -0.1) is 0 Å². The van der Waals surface area contributed by atoms with Crippen LogP contribution >= 0.6 is 0 Å². The first kappa shape index (κ1) is 21.5. The molecule has 3 heterocycles. The first-order valence-electron chi connectivity index (χ1n) is 9.80. The van der Waals surface area contributed by atoms with Crippen LogP contribution in [0.3, 0.4) is 0 Å². The smallest absolute Gasteiger partial charge is 0.329 e. The number of anilines is 1. The summed E-state index contributed by atoms with van der Waals surface area (Å²) in [4.78, 5) is 26.0. The molecule has 168 valence electrons. The zero-order valence-electron chi connectivity index (χ0n) is 16.7. The molecule has 9 nitrogen and oxygen atoms in total. The molecule has 1 aromatic heterocycles. The van der Waals surface area contributed by atoms with Crippen molar-refractivity contribution in [2.75, 3.05) is 31.1 Å². The van der Waals surface area contributed by atoms with E-state index in [0.717, 1.165) is 6.07 Å². The summed E-state index contributed by atoms with van der Waals surface area (Å²) in [5.41, 5.74) is 0.217. The van der Waals surface area contributed by atoms with Gasteiger partial charge >= 0.3 is 6.03 Å². The van der Waals surface area contributed by atoms with Crippen molar-refractivity contribution >= 4 is 28.7 Å². The number of likely N-dealkylation sites (tertiary alicyclic amines) is 1. The topological polar surface area (TPSA) is 111 Å². The van der Waals surface area contributed by atoms with Gasteiger partial charge in [0.05, 0.1) is 18.0 Å². The number of nitrogens with one attached hydrogen (secondary N) is 1. The summed E-state index contributed by atoms with van der Waals surface area (Å²) in [6.07, 6.45) is -1.73. The van der Waals surface area contributed by atoms with Crippen molar-refractivity contribution < 1.29 is 33.0 Å². The van der Waals surface area contributed by atoms with Gasteiger partial charge in [-0.05, 0) is 30.7 Å². The highest BCUT2D eigenvalue weighted by Crippen LogP contribution is 2.43. The monoisotopic (exact) mass is 441 g/mol. The van der Waals surface area contributed by atoms with Crippen molar-refractivity contribution in [3.05, 3.63) is 23.5 Å². The summed E-state index contributed by atoms with van der Waals surface area (Å²) >= 11 is 0. The summed E-state index contributed by atoms with van der Waals surface area (Å²) in [6, 6.07) is 1.74. The number of rotatable bonds is 4. The summed E-state index contributed by atoms with van der Waals surface area (Å²) < 4.78 is 46.1. The third kappa shape index (κ3) is 3.98. The van der Waals surface area contributed by atoms with Gasteiger partial charge in [0.15, 0.2) is 12.1 Å². The highest BCUT2D eigenvalue weighted by molar-refractivity contribution is 6.08. The minimum Gasteiger partial charge on any atom is -0.367 e. The van der Waals surface area contributed by atoms with Crippen LogP contribution in [0.1, 0.15) is 24.3 Å². The Morgan fingerprint density at radius 1 is 1.29 bits per heavy atom. The normalized spacial score (nSPS) is 22.4. The second-order valence-corrected chi connectivity index (χ2v) is 7.91. The minimum absolute atomic E-state index is 0.0660. The average molecular weight is 441 g/mol. The number of β-amino-alcohol motifs (C(OH)–C–C–N with tert-alkyl or cyclic N) is 2. The predicted molar refractivity (Wildman–Crippen MR) is 103 cm³/mol. The summed E-state index contributed by atoms with van der Waals surface area (Å²) in [7, 11) is 1.56. The van der Waals surface area contributed by atoms with E-state index in [9.17, 15) is 18.4 Å². The van der Waals surface area contributed by atoms with Gasteiger partial charge in [-0.3, -0.25) is 24.6 Å². The van der Waals surface area contributed by atoms with Crippen LogP contribution in [0.15, 0.2) is 12.1 Å². The van der Waals surface area contributed by atoms with Gasteiger partial charge in [0, 0.05) is 31.9 Å². The van der Waals surface area contributed by atoms with E-state index in [1.165, 1.54) is 20.5 Å². The van der Waals surface area contributed by atoms with E-state index < -0.39 is 42.4 Å². The number of urea groups is 1. The van der Waals surface area contributed by atoms with Crippen molar-refractivity contribution in [3.8, 4) is 0 Å². The fourth-order valence-electron chi connectivity index (χ4n) is 4.29. The number of carbonyl (C=O) groups excluding carboxylic acids is 2. The number of carbonyl (C=O) groups is 2. The molecule has 2 aliphatic rings. The SMILES string of the molecule is Cn1nc(N2CCC(=O)NC2=O)c2cc(F)c(C3CCN(CC(O)O)CC3(F)F)cc21. The van der Waals surface area contributed by atoms with Crippen LogP contribution in [-0.2, 0) is 11.8 Å². The molecule has 0 bridgehead atoms. The Morgan fingerprint density at radius 3 is 2.68 bits per heavy atom. The molecule has 3 amide bonds. The molecule has 4 rings (SSSR count). The van der Waals surface area contributed by atoms with Crippen LogP contribution in [0.2, 0.25) is 0 Å². The molecule has 1 unspecified atom stereocenters. The Balaban J connectivity index is 1.68. The number of aromatic nitrogens is 2. The van der Waals surface area contributed by atoms with Crippen molar-refractivity contribution in [2.24, 2.45) is 7.05 Å². The van der Waals surface area contributed by atoms with Gasteiger partial charge < -0.3 is 10.2 Å². The first-order valence-corrected chi connectivity index (χ1v) is 9.80. The van der Waals surface area contributed by atoms with Crippen molar-refractivity contribution in [2.45, 2.75) is 31.0 Å². The van der Waals surface area contributed by atoms with E-state index >= 15 is 4.39 Å². The maximum absolute atomic E-state index is 15.0. The Labute approximate surface area is 175 Å². The number of aryl methyl sites for hydroxylation is 1. The summed E-state index contributed by atoms with van der Waals surface area (Å²) in [6.45, 7) is -0.790. The average Bonchev–Trinajstić information content (AvgIpc) is 2.96. The maximum Gasteiger partial charge on any atom is 0.329 e. The third-order valence-corrected chi connectivity index (χ3v) is 5.73. The van der Waals surface area contributed by atoms with Crippen LogP contribution in [0.4, 0.5) is 23.8 Å². The molecule has 0 aliphatic carbocycles. The maximum atomic E-state index is 15.0. The number of hydrogen-bond acceptors (Lipinski definition) is 6. The van der Waals surface area contributed by atoms with Gasteiger partial charge in [0.25, 0.3) is 5.92 Å². The molecule has 1 atom stereocenters. The second kappa shape index (κ2) is 7.77. The van der Waals surface area contributed by atoms with Gasteiger partial charge in [0.1, 0.15) is 5.82 Å². The van der Waals surface area contributed by atoms with Crippen LogP contribution in [0, 0.1) is 5.82 Å². The number of imide groups is 1. The summed E-state index contributed by atoms with van der Waals surface area (Å²) in [5, 5.41) is 24.8. The molecular weight excluding hydrogens is 419 g/mol. The zero-order chi connectivity index (χ0) is 22.5. The van der Waals surface area contributed by atoms with Gasteiger partial charge in [0.2, 0.25) is 5.91 Å². The number of nitrogens with zero attached hydrogens (tertiary/aromatic N) is 4. The van der Waals surface area contributed by atoms with Crippen LogP contribution < -0.4 is 10.2 Å². The highest BCUT2D eigenvalue weighted by Gasteiger charge is 2.46. The van der Waals surface area contributed by atoms with E-state index in [-0.39, 0.29) is 49.2 Å². The van der Waals surface area contributed by atoms with Crippen LogP contribution in [0.5, 0.6) is 0 Å². The first-order chi connectivity index (χ1) is 14.6. The second-order valence-electron chi connectivity index (χ2n) is 7.91. The highest BCUT2D eigenvalue weighted by atomic mass is 19.3. The molecule has 0 saturated carbocycles. The molecular formula is C19H22F3N5O4. The van der Waals surface area contributed by atoms with Gasteiger partial charge in [-0.2, -0.15) is 5.10 Å². The van der Waals surface area contributed by atoms with E-state index in [2.05, 4.69) is 10.4 Å². The molecule has 0 spiro atoms.